The van der Waals surface area contributed by atoms with Crippen molar-refractivity contribution in [3.63, 3.8) is 0 Å². The van der Waals surface area contributed by atoms with Crippen LogP contribution in [0.2, 0.25) is 0 Å². The maximum absolute atomic E-state index is 10.2. The molecule has 2 heterocycles. The molecule has 32 heavy (non-hydrogen) atoms. The van der Waals surface area contributed by atoms with E-state index in [1.807, 2.05) is 24.3 Å². The highest BCUT2D eigenvalue weighted by molar-refractivity contribution is 5.31. The lowest BCUT2D eigenvalue weighted by atomic mass is 10.2. The standard InChI is InChI=1S/C24H42N4O4/c1-25-11-15-27(16-12-25)9-7-21(29)19-31-23-3-5-24(6-4-23)32-20-22(30)8-10-28-17-13-26(2)14-18-28/h3-6,21-22,29-30H,7-20H2,1-2H3. The molecule has 0 saturated carbocycles. The molecule has 2 N–H and O–H groups in total. The predicted molar refractivity (Wildman–Crippen MR) is 127 cm³/mol. The van der Waals surface area contributed by atoms with E-state index in [9.17, 15) is 10.2 Å². The molecule has 2 saturated heterocycles. The van der Waals surface area contributed by atoms with Gasteiger partial charge in [-0.25, -0.2) is 0 Å². The molecular formula is C24H42N4O4. The van der Waals surface area contributed by atoms with Crippen LogP contribution in [0.25, 0.3) is 0 Å². The maximum atomic E-state index is 10.2. The van der Waals surface area contributed by atoms with Gasteiger partial charge in [-0.05, 0) is 51.2 Å². The molecule has 1 aromatic rings. The van der Waals surface area contributed by atoms with Gasteiger partial charge in [-0.2, -0.15) is 0 Å². The van der Waals surface area contributed by atoms with Crippen LogP contribution < -0.4 is 9.47 Å². The van der Waals surface area contributed by atoms with Gasteiger partial charge in [0.25, 0.3) is 0 Å². The van der Waals surface area contributed by atoms with Crippen molar-refractivity contribution < 1.29 is 19.7 Å². The molecule has 182 valence electrons. The zero-order valence-electron chi connectivity index (χ0n) is 19.9. The SMILES string of the molecule is CN1CCN(CCC(O)COc2ccc(OCC(O)CCN3CCN(C)CC3)cc2)CC1. The van der Waals surface area contributed by atoms with E-state index in [1.54, 1.807) is 0 Å². The second-order valence-corrected chi connectivity index (χ2v) is 9.27. The molecule has 0 bridgehead atoms. The Kier molecular flexibility index (Phi) is 10.5. The summed E-state index contributed by atoms with van der Waals surface area (Å²) in [5, 5.41) is 20.5. The first-order chi connectivity index (χ1) is 15.5. The molecule has 2 fully saturated rings. The monoisotopic (exact) mass is 450 g/mol. The fraction of sp³-hybridized carbons (Fsp3) is 0.750. The van der Waals surface area contributed by atoms with Crippen molar-refractivity contribution in [1.82, 2.24) is 19.6 Å². The van der Waals surface area contributed by atoms with E-state index < -0.39 is 12.2 Å². The summed E-state index contributed by atoms with van der Waals surface area (Å²) in [4.78, 5) is 9.46. The first-order valence-electron chi connectivity index (χ1n) is 12.0. The van der Waals surface area contributed by atoms with Gasteiger partial charge in [0.1, 0.15) is 24.7 Å². The second-order valence-electron chi connectivity index (χ2n) is 9.27. The Morgan fingerprint density at radius 2 is 1.00 bits per heavy atom. The Labute approximate surface area is 193 Å². The Morgan fingerprint density at radius 1 is 0.656 bits per heavy atom. The third kappa shape index (κ3) is 9.21. The number of nitrogens with zero attached hydrogens (tertiary/aromatic N) is 4. The third-order valence-electron chi connectivity index (χ3n) is 6.46. The van der Waals surface area contributed by atoms with E-state index in [4.69, 9.17) is 9.47 Å². The molecule has 2 atom stereocenters. The summed E-state index contributed by atoms with van der Waals surface area (Å²) in [6, 6.07) is 7.39. The topological polar surface area (TPSA) is 71.9 Å². The van der Waals surface area contributed by atoms with Gasteiger partial charge in [-0.15, -0.1) is 0 Å². The predicted octanol–water partition coefficient (Wildman–Crippen LogP) is 0.441. The van der Waals surface area contributed by atoms with Crippen molar-refractivity contribution in [2.24, 2.45) is 0 Å². The van der Waals surface area contributed by atoms with Crippen LogP contribution in [0.5, 0.6) is 11.5 Å². The average molecular weight is 451 g/mol. The summed E-state index contributed by atoms with van der Waals surface area (Å²) < 4.78 is 11.5. The molecule has 0 radical (unpaired) electrons. The number of hydrogen-bond acceptors (Lipinski definition) is 8. The van der Waals surface area contributed by atoms with Crippen LogP contribution in [0.3, 0.4) is 0 Å². The minimum absolute atomic E-state index is 0.291. The number of likely N-dealkylation sites (N-methyl/N-ethyl adjacent to an activating group) is 2. The number of piperazine rings is 2. The van der Waals surface area contributed by atoms with Gasteiger partial charge < -0.3 is 39.3 Å². The van der Waals surface area contributed by atoms with E-state index in [-0.39, 0.29) is 0 Å². The van der Waals surface area contributed by atoms with Gasteiger partial charge in [0.2, 0.25) is 0 Å². The van der Waals surface area contributed by atoms with Crippen molar-refractivity contribution in [1.29, 1.82) is 0 Å². The van der Waals surface area contributed by atoms with E-state index in [1.165, 1.54) is 0 Å². The molecule has 0 aromatic heterocycles. The normalized spacial score (nSPS) is 21.4. The molecular weight excluding hydrogens is 408 g/mol. The van der Waals surface area contributed by atoms with Crippen LogP contribution in [0.15, 0.2) is 24.3 Å². The van der Waals surface area contributed by atoms with Crippen LogP contribution in [0.4, 0.5) is 0 Å². The molecule has 8 nitrogen and oxygen atoms in total. The Balaban J connectivity index is 1.26. The van der Waals surface area contributed by atoms with Gasteiger partial charge in [0.15, 0.2) is 0 Å². The number of rotatable bonds is 12. The molecule has 1 aromatic carbocycles. The number of hydrogen-bond donors (Lipinski definition) is 2. The van der Waals surface area contributed by atoms with E-state index >= 15 is 0 Å². The Hall–Kier alpha value is -1.42. The number of ether oxygens (including phenoxy) is 2. The van der Waals surface area contributed by atoms with E-state index in [0.717, 1.165) is 78.3 Å². The minimum Gasteiger partial charge on any atom is -0.491 e. The largest absolute Gasteiger partial charge is 0.491 e. The maximum Gasteiger partial charge on any atom is 0.119 e. The summed E-state index contributed by atoms with van der Waals surface area (Å²) in [5.41, 5.74) is 0. The van der Waals surface area contributed by atoms with Gasteiger partial charge in [-0.3, -0.25) is 0 Å². The lowest BCUT2D eigenvalue weighted by molar-refractivity contribution is 0.0761. The van der Waals surface area contributed by atoms with E-state index in [2.05, 4.69) is 33.7 Å². The highest BCUT2D eigenvalue weighted by Gasteiger charge is 2.16. The molecule has 8 heteroatoms. The van der Waals surface area contributed by atoms with Crippen LogP contribution >= 0.6 is 0 Å². The fourth-order valence-electron chi connectivity index (χ4n) is 3.99. The number of aliphatic hydroxyl groups is 2. The molecule has 2 aliphatic heterocycles. The van der Waals surface area contributed by atoms with Crippen LogP contribution in [-0.4, -0.2) is 135 Å². The van der Waals surface area contributed by atoms with Crippen LogP contribution in [-0.2, 0) is 0 Å². The zero-order valence-corrected chi connectivity index (χ0v) is 19.9. The summed E-state index contributed by atoms with van der Waals surface area (Å²) in [5.74, 6) is 1.43. The van der Waals surface area contributed by atoms with Crippen LogP contribution in [0, 0.1) is 0 Å². The van der Waals surface area contributed by atoms with E-state index in [0.29, 0.717) is 24.7 Å². The summed E-state index contributed by atoms with van der Waals surface area (Å²) in [7, 11) is 4.29. The fourth-order valence-corrected chi connectivity index (χ4v) is 3.99. The first-order valence-corrected chi connectivity index (χ1v) is 12.0. The summed E-state index contributed by atoms with van der Waals surface area (Å²) in [6.45, 7) is 11.0. The van der Waals surface area contributed by atoms with Gasteiger partial charge in [0.05, 0.1) is 12.2 Å². The highest BCUT2D eigenvalue weighted by Crippen LogP contribution is 2.18. The van der Waals surface area contributed by atoms with Crippen molar-refractivity contribution in [3.05, 3.63) is 24.3 Å². The van der Waals surface area contributed by atoms with Crippen LogP contribution in [0.1, 0.15) is 12.8 Å². The quantitative estimate of drug-likeness (QED) is 0.476. The summed E-state index contributed by atoms with van der Waals surface area (Å²) >= 11 is 0. The van der Waals surface area contributed by atoms with Crippen molar-refractivity contribution in [3.8, 4) is 11.5 Å². The lowest BCUT2D eigenvalue weighted by Crippen LogP contribution is -2.45. The lowest BCUT2D eigenvalue weighted by Gasteiger charge is -2.32. The molecule has 3 rings (SSSR count). The Bertz CT molecular complexity index is 576. The zero-order chi connectivity index (χ0) is 22.8. The van der Waals surface area contributed by atoms with Crippen molar-refractivity contribution >= 4 is 0 Å². The summed E-state index contributed by atoms with van der Waals surface area (Å²) in [6.07, 6.45) is 0.496. The van der Waals surface area contributed by atoms with Gasteiger partial charge in [0, 0.05) is 65.4 Å². The molecule has 0 spiro atoms. The number of aliphatic hydroxyl groups excluding tert-OH is 2. The van der Waals surface area contributed by atoms with Crippen molar-refractivity contribution in [2.75, 3.05) is 92.8 Å². The third-order valence-corrected chi connectivity index (χ3v) is 6.46. The second kappa shape index (κ2) is 13.3. The first kappa shape index (κ1) is 25.2. The smallest absolute Gasteiger partial charge is 0.119 e. The molecule has 0 amide bonds. The average Bonchev–Trinajstić information content (AvgIpc) is 2.81. The highest BCUT2D eigenvalue weighted by atomic mass is 16.5. The Morgan fingerprint density at radius 3 is 1.34 bits per heavy atom. The molecule has 2 aliphatic rings. The van der Waals surface area contributed by atoms with Crippen molar-refractivity contribution in [2.45, 2.75) is 25.0 Å². The van der Waals surface area contributed by atoms with Gasteiger partial charge in [-0.1, -0.05) is 0 Å². The minimum atomic E-state index is -0.471. The molecule has 2 unspecified atom stereocenters. The molecule has 0 aliphatic carbocycles. The number of benzene rings is 1. The van der Waals surface area contributed by atoms with Gasteiger partial charge >= 0.3 is 0 Å².